The normalized spacial score (nSPS) is 10.4. The van der Waals surface area contributed by atoms with E-state index in [1.54, 1.807) is 16.9 Å². The van der Waals surface area contributed by atoms with Gasteiger partial charge in [0, 0.05) is 11.2 Å². The Morgan fingerprint density at radius 1 is 1.44 bits per heavy atom. The third-order valence-electron chi connectivity index (χ3n) is 2.22. The summed E-state index contributed by atoms with van der Waals surface area (Å²) >= 11 is 11.2. The zero-order valence-electron chi connectivity index (χ0n) is 8.45. The number of benzene rings is 1. The van der Waals surface area contributed by atoms with Crippen molar-refractivity contribution in [1.29, 1.82) is 0 Å². The van der Waals surface area contributed by atoms with Crippen molar-refractivity contribution in [2.24, 2.45) is 0 Å². The molecule has 0 N–H and O–H groups in total. The van der Waals surface area contributed by atoms with Crippen molar-refractivity contribution >= 4 is 28.4 Å². The van der Waals surface area contributed by atoms with Crippen molar-refractivity contribution in [3.63, 3.8) is 0 Å². The van der Waals surface area contributed by atoms with E-state index in [4.69, 9.17) is 23.2 Å². The minimum atomic E-state index is -0.516. The molecule has 1 aromatic heterocycles. The fraction of sp³-hybridized carbons (Fsp3) is 0.0909. The van der Waals surface area contributed by atoms with E-state index >= 15 is 0 Å². The first-order valence-corrected chi connectivity index (χ1v) is 5.34. The van der Waals surface area contributed by atoms with Crippen molar-refractivity contribution in [3.8, 4) is 5.69 Å². The topological polar surface area (TPSA) is 34.9 Å². The number of carbonyl (C=O) groups is 1. The monoisotopic (exact) mass is 254 g/mol. The summed E-state index contributed by atoms with van der Waals surface area (Å²) in [5, 5.41) is 4.22. The minimum Gasteiger partial charge on any atom is -0.275 e. The van der Waals surface area contributed by atoms with Gasteiger partial charge in [-0.1, -0.05) is 11.6 Å². The van der Waals surface area contributed by atoms with Gasteiger partial charge in [-0.05, 0) is 42.3 Å². The molecular weight excluding hydrogens is 247 g/mol. The van der Waals surface area contributed by atoms with Gasteiger partial charge in [0.2, 0.25) is 0 Å². The second-order valence-corrected chi connectivity index (χ2v) is 4.16. The lowest BCUT2D eigenvalue weighted by Crippen LogP contribution is -1.97. The molecule has 0 unspecified atom stereocenters. The molecule has 3 nitrogen and oxygen atoms in total. The molecule has 5 heteroatoms. The van der Waals surface area contributed by atoms with Gasteiger partial charge < -0.3 is 0 Å². The van der Waals surface area contributed by atoms with E-state index in [2.05, 4.69) is 5.10 Å². The van der Waals surface area contributed by atoms with Gasteiger partial charge in [0.15, 0.2) is 0 Å². The van der Waals surface area contributed by atoms with Crippen molar-refractivity contribution in [2.75, 3.05) is 0 Å². The standard InChI is InChI=1S/C11H8Cl2N2O/c1-7-4-9(12)2-3-10(7)15-6-8(5-14-15)11(13)16/h2-6H,1H3. The zero-order valence-corrected chi connectivity index (χ0v) is 9.96. The Morgan fingerprint density at radius 2 is 2.19 bits per heavy atom. The Hall–Kier alpha value is -1.32. The van der Waals surface area contributed by atoms with Crippen LogP contribution in [0.15, 0.2) is 30.6 Å². The smallest absolute Gasteiger partial charge is 0.255 e. The highest BCUT2D eigenvalue weighted by Gasteiger charge is 2.08. The molecule has 0 saturated carbocycles. The van der Waals surface area contributed by atoms with Crippen LogP contribution in [0.1, 0.15) is 15.9 Å². The second-order valence-electron chi connectivity index (χ2n) is 3.38. The summed E-state index contributed by atoms with van der Waals surface area (Å²) in [7, 11) is 0. The molecule has 1 heterocycles. The lowest BCUT2D eigenvalue weighted by molar-refractivity contribution is 0.108. The Balaban J connectivity index is 2.46. The molecule has 1 aromatic carbocycles. The van der Waals surface area contributed by atoms with Crippen LogP contribution in [-0.2, 0) is 0 Å². The van der Waals surface area contributed by atoms with Gasteiger partial charge in [0.1, 0.15) is 0 Å². The fourth-order valence-electron chi connectivity index (χ4n) is 1.43. The molecule has 0 fully saturated rings. The van der Waals surface area contributed by atoms with Crippen molar-refractivity contribution in [1.82, 2.24) is 9.78 Å². The molecule has 2 aromatic rings. The van der Waals surface area contributed by atoms with Crippen molar-refractivity contribution in [2.45, 2.75) is 6.92 Å². The average Bonchev–Trinajstić information content (AvgIpc) is 2.66. The van der Waals surface area contributed by atoms with E-state index in [-0.39, 0.29) is 0 Å². The van der Waals surface area contributed by atoms with E-state index in [0.29, 0.717) is 10.6 Å². The number of nitrogens with zero attached hydrogens (tertiary/aromatic N) is 2. The Bertz CT molecular complexity index is 549. The van der Waals surface area contributed by atoms with Crippen LogP contribution in [0, 0.1) is 6.92 Å². The number of aryl methyl sites for hydroxylation is 1. The number of carbonyl (C=O) groups excluding carboxylic acids is 1. The van der Waals surface area contributed by atoms with E-state index in [1.165, 1.54) is 6.20 Å². The lowest BCUT2D eigenvalue weighted by atomic mass is 10.2. The van der Waals surface area contributed by atoms with Crippen LogP contribution in [0.25, 0.3) is 5.69 Å². The van der Waals surface area contributed by atoms with Gasteiger partial charge in [0.25, 0.3) is 5.24 Å². The van der Waals surface area contributed by atoms with E-state index in [9.17, 15) is 4.79 Å². The van der Waals surface area contributed by atoms with Crippen molar-refractivity contribution < 1.29 is 4.79 Å². The van der Waals surface area contributed by atoms with Crippen LogP contribution in [0.5, 0.6) is 0 Å². The summed E-state index contributed by atoms with van der Waals surface area (Å²) in [4.78, 5) is 10.9. The molecule has 0 atom stereocenters. The molecule has 0 saturated heterocycles. The summed E-state index contributed by atoms with van der Waals surface area (Å²) in [6, 6.07) is 5.45. The minimum absolute atomic E-state index is 0.371. The highest BCUT2D eigenvalue weighted by molar-refractivity contribution is 6.67. The maximum absolute atomic E-state index is 10.9. The van der Waals surface area contributed by atoms with Crippen LogP contribution < -0.4 is 0 Å². The highest BCUT2D eigenvalue weighted by atomic mass is 35.5. The van der Waals surface area contributed by atoms with Crippen LogP contribution in [0.3, 0.4) is 0 Å². The van der Waals surface area contributed by atoms with Crippen LogP contribution in [0.2, 0.25) is 5.02 Å². The number of hydrogen-bond acceptors (Lipinski definition) is 2. The van der Waals surface area contributed by atoms with E-state index in [0.717, 1.165) is 11.3 Å². The van der Waals surface area contributed by atoms with E-state index in [1.807, 2.05) is 19.1 Å². The Labute approximate surface area is 103 Å². The predicted molar refractivity (Wildman–Crippen MR) is 63.5 cm³/mol. The Kier molecular flexibility index (Phi) is 2.99. The first kappa shape index (κ1) is 11.2. The fourth-order valence-corrected chi connectivity index (χ4v) is 1.76. The molecule has 2 rings (SSSR count). The Morgan fingerprint density at radius 3 is 2.75 bits per heavy atom. The number of halogens is 2. The molecule has 0 spiro atoms. The first-order valence-electron chi connectivity index (χ1n) is 4.59. The zero-order chi connectivity index (χ0) is 11.7. The van der Waals surface area contributed by atoms with Crippen LogP contribution in [-0.4, -0.2) is 15.0 Å². The van der Waals surface area contributed by atoms with Gasteiger partial charge >= 0.3 is 0 Å². The van der Waals surface area contributed by atoms with Gasteiger partial charge in [-0.15, -0.1) is 0 Å². The molecule has 82 valence electrons. The number of rotatable bonds is 2. The van der Waals surface area contributed by atoms with E-state index < -0.39 is 5.24 Å². The largest absolute Gasteiger partial charge is 0.275 e. The number of hydrogen-bond donors (Lipinski definition) is 0. The molecule has 0 amide bonds. The molecule has 0 aliphatic rings. The van der Waals surface area contributed by atoms with Crippen LogP contribution >= 0.6 is 23.2 Å². The van der Waals surface area contributed by atoms with Gasteiger partial charge in [-0.3, -0.25) is 4.79 Å². The quantitative estimate of drug-likeness (QED) is 0.772. The first-order chi connectivity index (χ1) is 7.58. The van der Waals surface area contributed by atoms with Gasteiger partial charge in [-0.2, -0.15) is 5.10 Å². The summed E-state index contributed by atoms with van der Waals surface area (Å²) < 4.78 is 1.60. The van der Waals surface area contributed by atoms with Crippen LogP contribution in [0.4, 0.5) is 0 Å². The SMILES string of the molecule is Cc1cc(Cl)ccc1-n1cc(C(=O)Cl)cn1. The molecular formula is C11H8Cl2N2O. The van der Waals surface area contributed by atoms with Crippen molar-refractivity contribution in [3.05, 3.63) is 46.7 Å². The third kappa shape index (κ3) is 2.10. The van der Waals surface area contributed by atoms with Gasteiger partial charge in [-0.25, -0.2) is 4.68 Å². The lowest BCUT2D eigenvalue weighted by Gasteiger charge is -2.05. The second kappa shape index (κ2) is 4.28. The average molecular weight is 255 g/mol. The highest BCUT2D eigenvalue weighted by Crippen LogP contribution is 2.19. The summed E-state index contributed by atoms with van der Waals surface area (Å²) in [6.07, 6.45) is 3.02. The van der Waals surface area contributed by atoms with Gasteiger partial charge in [0.05, 0.1) is 17.4 Å². The molecule has 0 aliphatic carbocycles. The molecule has 16 heavy (non-hydrogen) atoms. The summed E-state index contributed by atoms with van der Waals surface area (Å²) in [5.41, 5.74) is 2.22. The summed E-state index contributed by atoms with van der Waals surface area (Å²) in [6.45, 7) is 1.92. The predicted octanol–water partition coefficient (Wildman–Crippen LogP) is 3.21. The maximum Gasteiger partial charge on any atom is 0.255 e. The summed E-state index contributed by atoms with van der Waals surface area (Å²) in [5.74, 6) is 0. The third-order valence-corrected chi connectivity index (χ3v) is 2.67. The molecule has 0 aliphatic heterocycles. The molecule has 0 bridgehead atoms. The number of aromatic nitrogens is 2. The maximum atomic E-state index is 10.9. The molecule has 0 radical (unpaired) electrons.